The molecule has 2 aromatic carbocycles. The predicted molar refractivity (Wildman–Crippen MR) is 119 cm³/mol. The molecule has 8 heteroatoms. The van der Waals surface area contributed by atoms with E-state index >= 15 is 0 Å². The van der Waals surface area contributed by atoms with Crippen LogP contribution in [0.2, 0.25) is 0 Å². The van der Waals surface area contributed by atoms with Crippen LogP contribution in [0, 0.1) is 0 Å². The van der Waals surface area contributed by atoms with Gasteiger partial charge in [-0.1, -0.05) is 42.5 Å². The number of carbonyl (C=O) groups excluding carboxylic acids is 1. The molecule has 0 radical (unpaired) electrons. The number of alkyl halides is 2. The summed E-state index contributed by atoms with van der Waals surface area (Å²) in [6.07, 6.45) is 7.00. The second-order valence-corrected chi connectivity index (χ2v) is 7.46. The van der Waals surface area contributed by atoms with E-state index in [-0.39, 0.29) is 17.6 Å². The van der Waals surface area contributed by atoms with Crippen LogP contribution in [0.15, 0.2) is 59.6 Å². The minimum absolute atomic E-state index is 0.000177. The smallest absolute Gasteiger partial charge is 0.387 e. The fourth-order valence-corrected chi connectivity index (χ4v) is 3.66. The SMILES string of the molecule is COCCCCC=Cc1cccc(C2(c3ccc(OC(F)F)cc3)N=C(N)N(C)C2=O)c1. The van der Waals surface area contributed by atoms with Gasteiger partial charge in [-0.3, -0.25) is 9.69 Å². The van der Waals surface area contributed by atoms with E-state index in [1.807, 2.05) is 30.3 Å². The Kier molecular flexibility index (Phi) is 7.58. The Hall–Kier alpha value is -3.26. The summed E-state index contributed by atoms with van der Waals surface area (Å²) >= 11 is 0. The van der Waals surface area contributed by atoms with Crippen molar-refractivity contribution in [2.45, 2.75) is 31.4 Å². The molecule has 0 bridgehead atoms. The van der Waals surface area contributed by atoms with Gasteiger partial charge in [0, 0.05) is 20.8 Å². The molecule has 32 heavy (non-hydrogen) atoms. The zero-order valence-corrected chi connectivity index (χ0v) is 18.1. The summed E-state index contributed by atoms with van der Waals surface area (Å²) in [5.41, 5.74) is 6.67. The van der Waals surface area contributed by atoms with E-state index in [0.717, 1.165) is 31.4 Å². The fraction of sp³-hybridized carbons (Fsp3) is 0.333. The molecule has 2 N–H and O–H groups in total. The number of unbranched alkanes of at least 4 members (excludes halogenated alkanes) is 2. The number of rotatable bonds is 10. The number of ether oxygens (including phenoxy) is 2. The Bertz CT molecular complexity index is 992. The molecule has 0 saturated carbocycles. The number of nitrogens with two attached hydrogens (primary N) is 1. The summed E-state index contributed by atoms with van der Waals surface area (Å²) in [7, 11) is 3.24. The predicted octanol–water partition coefficient (Wildman–Crippen LogP) is 4.15. The minimum Gasteiger partial charge on any atom is -0.435 e. The van der Waals surface area contributed by atoms with E-state index in [0.29, 0.717) is 11.1 Å². The van der Waals surface area contributed by atoms with E-state index < -0.39 is 12.2 Å². The molecule has 0 aromatic heterocycles. The van der Waals surface area contributed by atoms with Crippen molar-refractivity contribution in [3.05, 3.63) is 71.3 Å². The number of aliphatic imine (C=N–C) groups is 1. The highest BCUT2D eigenvalue weighted by molar-refractivity contribution is 6.09. The number of methoxy groups -OCH3 is 1. The molecule has 170 valence electrons. The number of allylic oxidation sites excluding steroid dienone is 1. The highest BCUT2D eigenvalue weighted by atomic mass is 19.3. The maximum Gasteiger partial charge on any atom is 0.387 e. The first-order valence-corrected chi connectivity index (χ1v) is 10.3. The van der Waals surface area contributed by atoms with E-state index in [1.54, 1.807) is 26.3 Å². The lowest BCUT2D eigenvalue weighted by Crippen LogP contribution is -2.41. The van der Waals surface area contributed by atoms with Gasteiger partial charge in [-0.15, -0.1) is 0 Å². The van der Waals surface area contributed by atoms with E-state index in [1.165, 1.54) is 17.0 Å². The van der Waals surface area contributed by atoms with Gasteiger partial charge in [0.05, 0.1) is 0 Å². The number of benzene rings is 2. The summed E-state index contributed by atoms with van der Waals surface area (Å²) in [6, 6.07) is 13.4. The van der Waals surface area contributed by atoms with Gasteiger partial charge in [-0.25, -0.2) is 4.99 Å². The number of carbonyl (C=O) groups is 1. The number of hydrogen-bond donors (Lipinski definition) is 1. The zero-order valence-electron chi connectivity index (χ0n) is 18.1. The van der Waals surface area contributed by atoms with Gasteiger partial charge >= 0.3 is 6.61 Å². The molecule has 1 unspecified atom stereocenters. The molecule has 2 aromatic rings. The summed E-state index contributed by atoms with van der Waals surface area (Å²) in [4.78, 5) is 19.1. The quantitative estimate of drug-likeness (QED) is 0.560. The van der Waals surface area contributed by atoms with E-state index in [9.17, 15) is 13.6 Å². The number of hydrogen-bond acceptors (Lipinski definition) is 5. The molecule has 6 nitrogen and oxygen atoms in total. The van der Waals surface area contributed by atoms with Gasteiger partial charge in [-0.2, -0.15) is 8.78 Å². The lowest BCUT2D eigenvalue weighted by molar-refractivity contribution is -0.129. The van der Waals surface area contributed by atoms with Crippen molar-refractivity contribution in [1.29, 1.82) is 0 Å². The molecule has 3 rings (SSSR count). The topological polar surface area (TPSA) is 77.2 Å². The average Bonchev–Trinajstić information content (AvgIpc) is 3.01. The molecule has 1 amide bonds. The highest BCUT2D eigenvalue weighted by Gasteiger charge is 2.49. The van der Waals surface area contributed by atoms with Gasteiger partial charge in [0.2, 0.25) is 0 Å². The fourth-order valence-electron chi connectivity index (χ4n) is 3.66. The van der Waals surface area contributed by atoms with Crippen LogP contribution in [0.4, 0.5) is 8.78 Å². The third kappa shape index (κ3) is 4.96. The van der Waals surface area contributed by atoms with Gasteiger partial charge in [-0.05, 0) is 54.2 Å². The average molecular weight is 443 g/mol. The van der Waals surface area contributed by atoms with E-state index in [4.69, 9.17) is 10.5 Å². The Morgan fingerprint density at radius 1 is 1.16 bits per heavy atom. The van der Waals surface area contributed by atoms with Crippen molar-refractivity contribution >= 4 is 17.9 Å². The van der Waals surface area contributed by atoms with Gasteiger partial charge in [0.25, 0.3) is 5.91 Å². The molecular formula is C24H27F2N3O3. The summed E-state index contributed by atoms with van der Waals surface area (Å²) in [5.74, 6) is -0.236. The Morgan fingerprint density at radius 3 is 2.53 bits per heavy atom. The largest absolute Gasteiger partial charge is 0.435 e. The highest BCUT2D eigenvalue weighted by Crippen LogP contribution is 2.40. The summed E-state index contributed by atoms with van der Waals surface area (Å²) in [5, 5.41) is 0. The number of nitrogens with zero attached hydrogens (tertiary/aromatic N) is 2. The van der Waals surface area contributed by atoms with Crippen LogP contribution in [-0.4, -0.2) is 44.1 Å². The summed E-state index contributed by atoms with van der Waals surface area (Å²) < 4.78 is 34.5. The van der Waals surface area contributed by atoms with Crippen molar-refractivity contribution < 1.29 is 23.0 Å². The van der Waals surface area contributed by atoms with Crippen LogP contribution in [-0.2, 0) is 15.1 Å². The maximum absolute atomic E-state index is 13.3. The lowest BCUT2D eigenvalue weighted by Gasteiger charge is -2.26. The second kappa shape index (κ2) is 10.4. The monoisotopic (exact) mass is 443 g/mol. The number of guanidine groups is 1. The number of amides is 1. The normalized spacial score (nSPS) is 18.6. The van der Waals surface area contributed by atoms with Crippen molar-refractivity contribution in [2.24, 2.45) is 10.7 Å². The van der Waals surface area contributed by atoms with Crippen molar-refractivity contribution in [3.8, 4) is 5.75 Å². The first-order valence-electron chi connectivity index (χ1n) is 10.3. The molecule has 0 aliphatic carbocycles. The van der Waals surface area contributed by atoms with Crippen LogP contribution >= 0.6 is 0 Å². The Balaban J connectivity index is 1.94. The standard InChI is InChI=1S/C24H27F2N3O3/c1-29-21(30)24(28-23(29)27,18-11-13-20(14-12-18)32-22(25)26)19-10-7-9-17(16-19)8-5-3-4-6-15-31-2/h5,7-14,16,22H,3-4,6,15H2,1-2H3,(H2,27,28). The van der Waals surface area contributed by atoms with Crippen LogP contribution in [0.3, 0.4) is 0 Å². The first-order chi connectivity index (χ1) is 15.4. The molecule has 1 atom stereocenters. The second-order valence-electron chi connectivity index (χ2n) is 7.46. The third-order valence-corrected chi connectivity index (χ3v) is 5.32. The van der Waals surface area contributed by atoms with Crippen molar-refractivity contribution in [1.82, 2.24) is 4.90 Å². The Labute approximate surface area is 186 Å². The van der Waals surface area contributed by atoms with Crippen LogP contribution in [0.1, 0.15) is 36.0 Å². The van der Waals surface area contributed by atoms with Gasteiger partial charge in [0.1, 0.15) is 5.75 Å². The van der Waals surface area contributed by atoms with Gasteiger partial charge < -0.3 is 15.2 Å². The van der Waals surface area contributed by atoms with Crippen LogP contribution < -0.4 is 10.5 Å². The Morgan fingerprint density at radius 2 is 1.91 bits per heavy atom. The third-order valence-electron chi connectivity index (χ3n) is 5.32. The summed E-state index contributed by atoms with van der Waals surface area (Å²) in [6.45, 7) is -2.19. The van der Waals surface area contributed by atoms with Crippen molar-refractivity contribution in [2.75, 3.05) is 20.8 Å². The molecule has 1 aliphatic rings. The molecular weight excluding hydrogens is 416 g/mol. The molecule has 0 fully saturated rings. The number of halogens is 2. The molecule has 0 saturated heterocycles. The molecule has 1 aliphatic heterocycles. The zero-order chi connectivity index (χ0) is 23.1. The molecule has 0 spiro atoms. The lowest BCUT2D eigenvalue weighted by atomic mass is 9.82. The number of likely N-dealkylation sites (N-methyl/N-ethyl adjacent to an activating group) is 1. The first kappa shape index (κ1) is 23.4. The van der Waals surface area contributed by atoms with Crippen molar-refractivity contribution in [3.63, 3.8) is 0 Å². The van der Waals surface area contributed by atoms with E-state index in [2.05, 4.69) is 15.8 Å². The van der Waals surface area contributed by atoms with Crippen LogP contribution in [0.5, 0.6) is 5.75 Å². The van der Waals surface area contributed by atoms with Crippen LogP contribution in [0.25, 0.3) is 6.08 Å². The maximum atomic E-state index is 13.3. The molecule has 1 heterocycles. The minimum atomic E-state index is -2.93. The van der Waals surface area contributed by atoms with Gasteiger partial charge in [0.15, 0.2) is 11.5 Å².